The van der Waals surface area contributed by atoms with Crippen molar-refractivity contribution in [2.75, 3.05) is 18.0 Å². The lowest BCUT2D eigenvalue weighted by molar-refractivity contribution is 0.327. The topological polar surface area (TPSA) is 29.3 Å². The van der Waals surface area contributed by atoms with Crippen molar-refractivity contribution < 1.29 is 0 Å². The first-order valence-corrected chi connectivity index (χ1v) is 7.27. The summed E-state index contributed by atoms with van der Waals surface area (Å²) in [5.41, 5.74) is 8.76. The molecule has 0 heterocycles. The van der Waals surface area contributed by atoms with Crippen LogP contribution in [0.15, 0.2) is 24.3 Å². The molecular formula is C16H26N2. The molecule has 1 saturated carbocycles. The molecule has 0 aliphatic heterocycles. The summed E-state index contributed by atoms with van der Waals surface area (Å²) in [4.78, 5) is 2.52. The molecule has 0 amide bonds. The average Bonchev–Trinajstić information content (AvgIpc) is 2.39. The molecule has 1 aliphatic rings. The third kappa shape index (κ3) is 3.26. The summed E-state index contributed by atoms with van der Waals surface area (Å²) in [7, 11) is 0. The minimum Gasteiger partial charge on any atom is -0.371 e. The summed E-state index contributed by atoms with van der Waals surface area (Å²) in [5.74, 6) is 0.823. The Morgan fingerprint density at radius 2 is 1.83 bits per heavy atom. The van der Waals surface area contributed by atoms with Crippen LogP contribution in [0.1, 0.15) is 38.2 Å². The van der Waals surface area contributed by atoms with Crippen molar-refractivity contribution in [2.45, 2.75) is 45.6 Å². The van der Waals surface area contributed by atoms with Crippen LogP contribution in [0.4, 0.5) is 5.69 Å². The summed E-state index contributed by atoms with van der Waals surface area (Å²) >= 11 is 0. The van der Waals surface area contributed by atoms with E-state index in [4.69, 9.17) is 5.73 Å². The highest BCUT2D eigenvalue weighted by Gasteiger charge is 2.21. The highest BCUT2D eigenvalue weighted by atomic mass is 15.1. The molecule has 0 radical (unpaired) electrons. The summed E-state index contributed by atoms with van der Waals surface area (Å²) in [6, 6.07) is 9.16. The molecule has 1 aliphatic carbocycles. The van der Waals surface area contributed by atoms with Gasteiger partial charge in [-0.15, -0.1) is 0 Å². The monoisotopic (exact) mass is 246 g/mol. The van der Waals surface area contributed by atoms with Crippen LogP contribution in [0.3, 0.4) is 0 Å². The van der Waals surface area contributed by atoms with Gasteiger partial charge in [-0.2, -0.15) is 0 Å². The Labute approximate surface area is 111 Å². The van der Waals surface area contributed by atoms with Gasteiger partial charge in [0.25, 0.3) is 0 Å². The molecule has 0 spiro atoms. The predicted molar refractivity (Wildman–Crippen MR) is 79.0 cm³/mol. The number of para-hydroxylation sites is 1. The molecule has 0 unspecified atom stereocenters. The molecule has 0 atom stereocenters. The first-order chi connectivity index (χ1) is 8.70. The van der Waals surface area contributed by atoms with Gasteiger partial charge in [0.15, 0.2) is 0 Å². The van der Waals surface area contributed by atoms with E-state index < -0.39 is 0 Å². The lowest BCUT2D eigenvalue weighted by Gasteiger charge is -2.33. The fourth-order valence-electron chi connectivity index (χ4n) is 3.00. The third-order valence-electron chi connectivity index (χ3n) is 4.21. The van der Waals surface area contributed by atoms with E-state index in [1.807, 2.05) is 0 Å². The Balaban J connectivity index is 1.99. The van der Waals surface area contributed by atoms with Gasteiger partial charge in [0.1, 0.15) is 0 Å². The van der Waals surface area contributed by atoms with E-state index in [0.717, 1.165) is 12.5 Å². The normalized spacial score (nSPS) is 23.9. The van der Waals surface area contributed by atoms with E-state index >= 15 is 0 Å². The van der Waals surface area contributed by atoms with Gasteiger partial charge in [-0.25, -0.2) is 0 Å². The van der Waals surface area contributed by atoms with Crippen molar-refractivity contribution >= 4 is 5.69 Å². The number of benzene rings is 1. The molecule has 100 valence electrons. The number of nitrogens with two attached hydrogens (primary N) is 1. The number of aryl methyl sites for hydroxylation is 1. The third-order valence-corrected chi connectivity index (χ3v) is 4.21. The quantitative estimate of drug-likeness (QED) is 0.883. The second-order valence-electron chi connectivity index (χ2n) is 5.61. The van der Waals surface area contributed by atoms with E-state index in [0.29, 0.717) is 6.04 Å². The number of nitrogens with zero attached hydrogens (tertiary/aromatic N) is 1. The standard InChI is InChI=1S/C16H26N2/c1-3-18(16-7-5-4-6-13(16)2)12-14-8-10-15(17)11-9-14/h4-7,14-15H,3,8-12,17H2,1-2H3. The van der Waals surface area contributed by atoms with Crippen LogP contribution < -0.4 is 10.6 Å². The summed E-state index contributed by atoms with van der Waals surface area (Å²) in [6.07, 6.45) is 5.00. The van der Waals surface area contributed by atoms with Crippen molar-refractivity contribution in [3.8, 4) is 0 Å². The number of rotatable bonds is 4. The van der Waals surface area contributed by atoms with E-state index in [1.165, 1.54) is 43.5 Å². The second-order valence-corrected chi connectivity index (χ2v) is 5.61. The van der Waals surface area contributed by atoms with Crippen molar-refractivity contribution in [2.24, 2.45) is 11.7 Å². The molecular weight excluding hydrogens is 220 g/mol. The highest BCUT2D eigenvalue weighted by molar-refractivity contribution is 5.52. The molecule has 2 N–H and O–H groups in total. The fraction of sp³-hybridized carbons (Fsp3) is 0.625. The first-order valence-electron chi connectivity index (χ1n) is 7.27. The molecule has 18 heavy (non-hydrogen) atoms. The van der Waals surface area contributed by atoms with E-state index in [2.05, 4.69) is 43.0 Å². The van der Waals surface area contributed by atoms with Crippen molar-refractivity contribution in [3.63, 3.8) is 0 Å². The Kier molecular flexibility index (Phi) is 4.65. The van der Waals surface area contributed by atoms with Gasteiger partial charge in [0.2, 0.25) is 0 Å². The van der Waals surface area contributed by atoms with Crippen LogP contribution in [0.25, 0.3) is 0 Å². The molecule has 2 heteroatoms. The van der Waals surface area contributed by atoms with E-state index in [1.54, 1.807) is 0 Å². The van der Waals surface area contributed by atoms with E-state index in [9.17, 15) is 0 Å². The number of hydrogen-bond acceptors (Lipinski definition) is 2. The lowest BCUT2D eigenvalue weighted by Crippen LogP contribution is -2.34. The Bertz CT molecular complexity index is 367. The average molecular weight is 246 g/mol. The Morgan fingerprint density at radius 1 is 1.17 bits per heavy atom. The van der Waals surface area contributed by atoms with Crippen LogP contribution in [0, 0.1) is 12.8 Å². The molecule has 0 saturated heterocycles. The molecule has 2 rings (SSSR count). The van der Waals surface area contributed by atoms with Crippen molar-refractivity contribution in [1.82, 2.24) is 0 Å². The van der Waals surface area contributed by atoms with Crippen molar-refractivity contribution in [1.29, 1.82) is 0 Å². The minimum atomic E-state index is 0.454. The minimum absolute atomic E-state index is 0.454. The molecule has 1 fully saturated rings. The molecule has 0 aromatic heterocycles. The van der Waals surface area contributed by atoms with Gasteiger partial charge in [0, 0.05) is 24.8 Å². The highest BCUT2D eigenvalue weighted by Crippen LogP contribution is 2.27. The van der Waals surface area contributed by atoms with Crippen LogP contribution in [0.5, 0.6) is 0 Å². The number of anilines is 1. The zero-order valence-electron chi connectivity index (χ0n) is 11.7. The predicted octanol–water partition coefficient (Wildman–Crippen LogP) is 3.34. The molecule has 1 aromatic rings. The van der Waals surface area contributed by atoms with Gasteiger partial charge in [-0.1, -0.05) is 18.2 Å². The van der Waals surface area contributed by atoms with Gasteiger partial charge in [-0.05, 0) is 57.1 Å². The van der Waals surface area contributed by atoms with Crippen LogP contribution >= 0.6 is 0 Å². The smallest absolute Gasteiger partial charge is 0.0395 e. The first kappa shape index (κ1) is 13.4. The largest absolute Gasteiger partial charge is 0.371 e. The summed E-state index contributed by atoms with van der Waals surface area (Å²) < 4.78 is 0. The van der Waals surface area contributed by atoms with Crippen LogP contribution in [-0.4, -0.2) is 19.1 Å². The lowest BCUT2D eigenvalue weighted by atomic mass is 9.86. The molecule has 1 aromatic carbocycles. The Morgan fingerprint density at radius 3 is 2.44 bits per heavy atom. The van der Waals surface area contributed by atoms with Crippen LogP contribution in [0.2, 0.25) is 0 Å². The maximum absolute atomic E-state index is 5.98. The summed E-state index contributed by atoms with van der Waals surface area (Å²) in [6.45, 7) is 6.73. The maximum Gasteiger partial charge on any atom is 0.0395 e. The van der Waals surface area contributed by atoms with Gasteiger partial charge in [-0.3, -0.25) is 0 Å². The molecule has 0 bridgehead atoms. The fourth-order valence-corrected chi connectivity index (χ4v) is 3.00. The van der Waals surface area contributed by atoms with Crippen LogP contribution in [-0.2, 0) is 0 Å². The van der Waals surface area contributed by atoms with Gasteiger partial charge >= 0.3 is 0 Å². The zero-order chi connectivity index (χ0) is 13.0. The van der Waals surface area contributed by atoms with Crippen molar-refractivity contribution in [3.05, 3.63) is 29.8 Å². The van der Waals surface area contributed by atoms with Gasteiger partial charge in [0.05, 0.1) is 0 Å². The Hall–Kier alpha value is -1.02. The zero-order valence-corrected chi connectivity index (χ0v) is 11.7. The second kappa shape index (κ2) is 6.24. The summed E-state index contributed by atoms with van der Waals surface area (Å²) in [5, 5.41) is 0. The molecule has 2 nitrogen and oxygen atoms in total. The van der Waals surface area contributed by atoms with Gasteiger partial charge < -0.3 is 10.6 Å². The van der Waals surface area contributed by atoms with E-state index in [-0.39, 0.29) is 0 Å². The SMILES string of the molecule is CCN(CC1CCC(N)CC1)c1ccccc1C. The number of hydrogen-bond donors (Lipinski definition) is 1. The maximum atomic E-state index is 5.98.